The van der Waals surface area contributed by atoms with Crippen LogP contribution in [0.25, 0.3) is 0 Å². The molecule has 0 bridgehead atoms. The summed E-state index contributed by atoms with van der Waals surface area (Å²) in [6.07, 6.45) is 1.49. The zero-order valence-electron chi connectivity index (χ0n) is 10.1. The van der Waals surface area contributed by atoms with Gasteiger partial charge < -0.3 is 14.8 Å². The minimum atomic E-state index is -0.559. The maximum atomic E-state index is 10.4. The van der Waals surface area contributed by atoms with Crippen molar-refractivity contribution >= 4 is 5.88 Å². The monoisotopic (exact) mass is 242 g/mol. The maximum Gasteiger partial charge on any atom is 0.433 e. The van der Waals surface area contributed by atoms with E-state index in [4.69, 9.17) is 9.52 Å². The van der Waals surface area contributed by atoms with E-state index in [0.29, 0.717) is 18.7 Å². The van der Waals surface area contributed by atoms with Crippen LogP contribution in [0.2, 0.25) is 0 Å². The van der Waals surface area contributed by atoms with Gasteiger partial charge in [0.15, 0.2) is 0 Å². The van der Waals surface area contributed by atoms with E-state index in [1.807, 2.05) is 13.8 Å². The molecule has 6 nitrogen and oxygen atoms in total. The third kappa shape index (κ3) is 3.83. The van der Waals surface area contributed by atoms with E-state index in [0.717, 1.165) is 6.42 Å². The highest BCUT2D eigenvalue weighted by molar-refractivity contribution is 5.17. The highest BCUT2D eigenvalue weighted by Crippen LogP contribution is 2.18. The van der Waals surface area contributed by atoms with Crippen LogP contribution in [0.4, 0.5) is 5.88 Å². The van der Waals surface area contributed by atoms with E-state index >= 15 is 0 Å². The Balaban J connectivity index is 2.56. The Morgan fingerprint density at radius 1 is 1.59 bits per heavy atom. The molecule has 1 atom stereocenters. The van der Waals surface area contributed by atoms with E-state index in [1.54, 1.807) is 6.07 Å². The second-order valence-corrected chi connectivity index (χ2v) is 4.24. The summed E-state index contributed by atoms with van der Waals surface area (Å²) in [5, 5.41) is 22.6. The van der Waals surface area contributed by atoms with Crippen molar-refractivity contribution in [1.82, 2.24) is 5.32 Å². The van der Waals surface area contributed by atoms with Crippen molar-refractivity contribution in [2.24, 2.45) is 0 Å². The van der Waals surface area contributed by atoms with Gasteiger partial charge in [0.2, 0.25) is 0 Å². The summed E-state index contributed by atoms with van der Waals surface area (Å²) >= 11 is 0. The van der Waals surface area contributed by atoms with Crippen LogP contribution in [0.5, 0.6) is 0 Å². The van der Waals surface area contributed by atoms with Crippen molar-refractivity contribution in [2.45, 2.75) is 38.8 Å². The van der Waals surface area contributed by atoms with Crippen LogP contribution in [0, 0.1) is 10.1 Å². The van der Waals surface area contributed by atoms with Gasteiger partial charge in [0.1, 0.15) is 10.7 Å². The first-order valence-corrected chi connectivity index (χ1v) is 5.60. The Morgan fingerprint density at radius 2 is 2.29 bits per heavy atom. The average molecular weight is 242 g/mol. The van der Waals surface area contributed by atoms with Gasteiger partial charge in [0.05, 0.1) is 12.6 Å². The SMILES string of the molecule is CCC(C)(CCO)NCc1ccc([N+](=O)[O-])o1. The van der Waals surface area contributed by atoms with Gasteiger partial charge >= 0.3 is 5.88 Å². The van der Waals surface area contributed by atoms with Gasteiger partial charge in [-0.05, 0) is 25.8 Å². The Morgan fingerprint density at radius 3 is 2.76 bits per heavy atom. The van der Waals surface area contributed by atoms with Crippen molar-refractivity contribution in [1.29, 1.82) is 0 Å². The van der Waals surface area contributed by atoms with Crippen molar-refractivity contribution in [2.75, 3.05) is 6.61 Å². The highest BCUT2D eigenvalue weighted by atomic mass is 16.6. The highest BCUT2D eigenvalue weighted by Gasteiger charge is 2.21. The van der Waals surface area contributed by atoms with Crippen LogP contribution in [-0.4, -0.2) is 22.2 Å². The molecule has 0 radical (unpaired) electrons. The van der Waals surface area contributed by atoms with Gasteiger partial charge in [0.25, 0.3) is 0 Å². The van der Waals surface area contributed by atoms with Gasteiger partial charge in [-0.15, -0.1) is 0 Å². The lowest BCUT2D eigenvalue weighted by molar-refractivity contribution is -0.402. The lowest BCUT2D eigenvalue weighted by Gasteiger charge is -2.28. The fraction of sp³-hybridized carbons (Fsp3) is 0.636. The van der Waals surface area contributed by atoms with Crippen molar-refractivity contribution in [3.63, 3.8) is 0 Å². The standard InChI is InChI=1S/C11H18N2O4/c1-3-11(2,6-7-14)12-8-9-4-5-10(17-9)13(15)16/h4-5,12,14H,3,6-8H2,1-2H3. The summed E-state index contributed by atoms with van der Waals surface area (Å²) in [6.45, 7) is 4.54. The quantitative estimate of drug-likeness (QED) is 0.562. The van der Waals surface area contributed by atoms with Gasteiger partial charge in [0, 0.05) is 12.1 Å². The first-order chi connectivity index (χ1) is 8.00. The summed E-state index contributed by atoms with van der Waals surface area (Å²) in [4.78, 5) is 9.87. The number of aliphatic hydroxyl groups excluding tert-OH is 1. The van der Waals surface area contributed by atoms with Crippen molar-refractivity contribution in [3.05, 3.63) is 28.0 Å². The smallest absolute Gasteiger partial charge is 0.404 e. The summed E-state index contributed by atoms with van der Waals surface area (Å²) < 4.78 is 5.04. The van der Waals surface area contributed by atoms with E-state index < -0.39 is 4.92 Å². The van der Waals surface area contributed by atoms with Crippen molar-refractivity contribution in [3.8, 4) is 0 Å². The van der Waals surface area contributed by atoms with Crippen LogP contribution in [0.1, 0.15) is 32.4 Å². The van der Waals surface area contributed by atoms with Crippen LogP contribution in [0.15, 0.2) is 16.5 Å². The number of rotatable bonds is 7. The first-order valence-electron chi connectivity index (χ1n) is 5.60. The molecule has 0 aliphatic carbocycles. The number of nitro groups is 1. The molecule has 6 heteroatoms. The van der Waals surface area contributed by atoms with Crippen LogP contribution in [0.3, 0.4) is 0 Å². The molecule has 1 aromatic rings. The predicted molar refractivity (Wildman–Crippen MR) is 62.6 cm³/mol. The Hall–Kier alpha value is -1.40. The molecule has 1 aromatic heterocycles. The van der Waals surface area contributed by atoms with E-state index in [1.165, 1.54) is 6.07 Å². The molecule has 17 heavy (non-hydrogen) atoms. The number of hydrogen-bond acceptors (Lipinski definition) is 5. The Kier molecular flexibility index (Phi) is 4.65. The van der Waals surface area contributed by atoms with Crippen LogP contribution >= 0.6 is 0 Å². The second kappa shape index (κ2) is 5.79. The molecule has 1 heterocycles. The molecule has 0 fully saturated rings. The molecule has 0 amide bonds. The first kappa shape index (κ1) is 13.7. The molecule has 2 N–H and O–H groups in total. The molecule has 1 rings (SSSR count). The number of hydrogen-bond donors (Lipinski definition) is 2. The molecule has 0 aliphatic heterocycles. The molecule has 0 spiro atoms. The Labute approximate surface area is 99.8 Å². The number of nitrogens with one attached hydrogen (secondary N) is 1. The lowest BCUT2D eigenvalue weighted by Crippen LogP contribution is -2.41. The molecular formula is C11H18N2O4. The van der Waals surface area contributed by atoms with Crippen LogP contribution in [-0.2, 0) is 6.54 Å². The minimum Gasteiger partial charge on any atom is -0.404 e. The van der Waals surface area contributed by atoms with Gasteiger partial charge in [-0.25, -0.2) is 0 Å². The number of furan rings is 1. The zero-order valence-corrected chi connectivity index (χ0v) is 10.1. The summed E-state index contributed by atoms with van der Waals surface area (Å²) in [5.41, 5.74) is -0.184. The Bertz CT molecular complexity index is 377. The number of aliphatic hydroxyl groups is 1. The molecule has 0 aliphatic rings. The summed E-state index contributed by atoms with van der Waals surface area (Å²) in [6, 6.07) is 2.92. The van der Waals surface area contributed by atoms with Gasteiger partial charge in [-0.2, -0.15) is 0 Å². The fourth-order valence-electron chi connectivity index (χ4n) is 1.50. The van der Waals surface area contributed by atoms with E-state index in [9.17, 15) is 10.1 Å². The maximum absolute atomic E-state index is 10.4. The summed E-state index contributed by atoms with van der Waals surface area (Å²) in [5.74, 6) is 0.275. The molecule has 0 saturated carbocycles. The normalized spacial score (nSPS) is 14.5. The average Bonchev–Trinajstić information content (AvgIpc) is 2.76. The third-order valence-electron chi connectivity index (χ3n) is 2.96. The molecule has 0 saturated heterocycles. The van der Waals surface area contributed by atoms with Gasteiger partial charge in [-0.3, -0.25) is 10.1 Å². The fourth-order valence-corrected chi connectivity index (χ4v) is 1.50. The van der Waals surface area contributed by atoms with E-state index in [-0.39, 0.29) is 18.0 Å². The zero-order chi connectivity index (χ0) is 12.9. The molecule has 96 valence electrons. The number of nitrogens with zero attached hydrogens (tertiary/aromatic N) is 1. The third-order valence-corrected chi connectivity index (χ3v) is 2.96. The molecule has 1 unspecified atom stereocenters. The largest absolute Gasteiger partial charge is 0.433 e. The minimum absolute atomic E-state index is 0.107. The van der Waals surface area contributed by atoms with E-state index in [2.05, 4.69) is 5.32 Å². The predicted octanol–water partition coefficient (Wildman–Crippen LogP) is 1.83. The molecular weight excluding hydrogens is 224 g/mol. The summed E-state index contributed by atoms with van der Waals surface area (Å²) in [7, 11) is 0. The second-order valence-electron chi connectivity index (χ2n) is 4.24. The van der Waals surface area contributed by atoms with Crippen LogP contribution < -0.4 is 5.32 Å². The topological polar surface area (TPSA) is 88.5 Å². The van der Waals surface area contributed by atoms with Crippen molar-refractivity contribution < 1.29 is 14.4 Å². The lowest BCUT2D eigenvalue weighted by atomic mass is 9.95. The van der Waals surface area contributed by atoms with Gasteiger partial charge in [-0.1, -0.05) is 6.92 Å². The molecule has 0 aromatic carbocycles.